The van der Waals surface area contributed by atoms with Crippen LogP contribution >= 0.6 is 0 Å². The molecule has 0 spiro atoms. The SMILES string of the molecule is C[Si](C)(C)c1ccc(-c2[c-]cccc2Cc2ccccc2)nc1.[Ir].[c-]1ccccc1-c1ccccn1. The predicted octanol–water partition coefficient (Wildman–Crippen LogP) is 7.23. The second-order valence-corrected chi connectivity index (χ2v) is 14.5. The molecule has 0 fully saturated rings. The third-order valence-electron chi connectivity index (χ3n) is 5.72. The van der Waals surface area contributed by atoms with E-state index in [1.807, 2.05) is 48.5 Å². The van der Waals surface area contributed by atoms with E-state index < -0.39 is 8.07 Å². The van der Waals surface area contributed by atoms with E-state index in [2.05, 4.69) is 97.6 Å². The smallest absolute Gasteiger partial charge is 0.0795 e. The van der Waals surface area contributed by atoms with E-state index in [1.165, 1.54) is 16.3 Å². The van der Waals surface area contributed by atoms with Crippen molar-refractivity contribution in [3.8, 4) is 22.5 Å². The van der Waals surface area contributed by atoms with Gasteiger partial charge in [0, 0.05) is 32.5 Å². The van der Waals surface area contributed by atoms with E-state index in [0.29, 0.717) is 0 Å². The molecule has 0 N–H and O–H groups in total. The van der Waals surface area contributed by atoms with E-state index in [4.69, 9.17) is 4.98 Å². The largest absolute Gasteiger partial charge is 0.305 e. The molecule has 183 valence electrons. The quantitative estimate of drug-likeness (QED) is 0.147. The number of hydrogen-bond acceptors (Lipinski definition) is 2. The molecule has 4 heteroatoms. The molecule has 0 saturated carbocycles. The Morgan fingerprint density at radius 1 is 0.667 bits per heavy atom. The Balaban J connectivity index is 0.000000234. The van der Waals surface area contributed by atoms with Gasteiger partial charge in [-0.2, -0.15) is 0 Å². The molecule has 5 aromatic rings. The van der Waals surface area contributed by atoms with Gasteiger partial charge in [0.15, 0.2) is 0 Å². The first-order chi connectivity index (χ1) is 17.0. The molecule has 2 nitrogen and oxygen atoms in total. The number of aromatic nitrogens is 2. The minimum absolute atomic E-state index is 0. The van der Waals surface area contributed by atoms with Gasteiger partial charge in [0.1, 0.15) is 0 Å². The fourth-order valence-corrected chi connectivity index (χ4v) is 4.77. The summed E-state index contributed by atoms with van der Waals surface area (Å²) in [6.45, 7) is 7.04. The van der Waals surface area contributed by atoms with Crippen molar-refractivity contribution in [2.24, 2.45) is 0 Å². The second kappa shape index (κ2) is 13.2. The summed E-state index contributed by atoms with van der Waals surface area (Å²) in [6, 6.07) is 41.3. The van der Waals surface area contributed by atoms with Crippen LogP contribution in [-0.4, -0.2) is 18.0 Å². The normalized spacial score (nSPS) is 10.5. The summed E-state index contributed by atoms with van der Waals surface area (Å²) < 4.78 is 0. The van der Waals surface area contributed by atoms with Crippen LogP contribution in [0.1, 0.15) is 11.1 Å². The van der Waals surface area contributed by atoms with Crippen LogP contribution in [0.4, 0.5) is 0 Å². The molecule has 2 heterocycles. The van der Waals surface area contributed by atoms with Gasteiger partial charge in [-0.25, -0.2) is 0 Å². The summed E-state index contributed by atoms with van der Waals surface area (Å²) in [5.74, 6) is 0. The van der Waals surface area contributed by atoms with Gasteiger partial charge in [-0.3, -0.25) is 0 Å². The molecule has 0 amide bonds. The third kappa shape index (κ3) is 7.66. The van der Waals surface area contributed by atoms with Crippen molar-refractivity contribution in [2.45, 2.75) is 26.1 Å². The zero-order chi connectivity index (χ0) is 24.5. The van der Waals surface area contributed by atoms with E-state index >= 15 is 0 Å². The molecule has 36 heavy (non-hydrogen) atoms. The number of benzene rings is 3. The number of rotatable bonds is 5. The van der Waals surface area contributed by atoms with Gasteiger partial charge in [0.2, 0.25) is 0 Å². The van der Waals surface area contributed by atoms with Crippen molar-refractivity contribution < 1.29 is 20.1 Å². The maximum atomic E-state index is 4.72. The van der Waals surface area contributed by atoms with Crippen LogP contribution in [0, 0.1) is 12.1 Å². The number of nitrogens with zero attached hydrogens (tertiary/aromatic N) is 2. The van der Waals surface area contributed by atoms with E-state index in [1.54, 1.807) is 6.20 Å². The van der Waals surface area contributed by atoms with E-state index in [-0.39, 0.29) is 20.1 Å². The van der Waals surface area contributed by atoms with Crippen LogP contribution in [0.2, 0.25) is 19.6 Å². The van der Waals surface area contributed by atoms with Crippen molar-refractivity contribution in [3.05, 3.63) is 139 Å². The molecule has 5 rings (SSSR count). The van der Waals surface area contributed by atoms with Gasteiger partial charge in [-0.1, -0.05) is 79.8 Å². The topological polar surface area (TPSA) is 25.8 Å². The Bertz CT molecular complexity index is 1280. The molecule has 0 saturated heterocycles. The summed E-state index contributed by atoms with van der Waals surface area (Å²) in [7, 11) is -1.30. The van der Waals surface area contributed by atoms with Crippen molar-refractivity contribution in [3.63, 3.8) is 0 Å². The summed E-state index contributed by atoms with van der Waals surface area (Å²) >= 11 is 0. The van der Waals surface area contributed by atoms with E-state index in [0.717, 1.165) is 28.9 Å². The van der Waals surface area contributed by atoms with Gasteiger partial charge in [-0.05, 0) is 29.1 Å². The minimum atomic E-state index is -1.30. The Morgan fingerprint density at radius 2 is 1.42 bits per heavy atom. The molecule has 0 unspecified atom stereocenters. The Morgan fingerprint density at radius 3 is 2.06 bits per heavy atom. The van der Waals surface area contributed by atoms with Gasteiger partial charge >= 0.3 is 0 Å². The molecule has 0 bridgehead atoms. The van der Waals surface area contributed by atoms with Gasteiger partial charge in [-0.15, -0.1) is 71.3 Å². The zero-order valence-corrected chi connectivity index (χ0v) is 24.3. The van der Waals surface area contributed by atoms with Crippen LogP contribution in [0.25, 0.3) is 22.5 Å². The summed E-state index contributed by atoms with van der Waals surface area (Å²) in [5.41, 5.74) is 6.72. The fourth-order valence-electron chi connectivity index (χ4n) is 3.73. The van der Waals surface area contributed by atoms with Crippen LogP contribution in [0.15, 0.2) is 116 Å². The van der Waals surface area contributed by atoms with E-state index in [9.17, 15) is 0 Å². The zero-order valence-electron chi connectivity index (χ0n) is 20.9. The first-order valence-corrected chi connectivity index (χ1v) is 15.4. The Kier molecular flexibility index (Phi) is 10.1. The molecule has 1 radical (unpaired) electrons. The van der Waals surface area contributed by atoms with Crippen LogP contribution in [0.3, 0.4) is 0 Å². The maximum absolute atomic E-state index is 4.72. The van der Waals surface area contributed by atoms with Crippen LogP contribution in [-0.2, 0) is 26.5 Å². The molecule has 0 atom stereocenters. The average Bonchev–Trinajstić information content (AvgIpc) is 2.91. The molecular formula is C32H30IrN2Si-2. The fraction of sp³-hybridized carbons (Fsp3) is 0.125. The summed E-state index contributed by atoms with van der Waals surface area (Å²) in [5, 5.41) is 1.39. The Hall–Kier alpha value is -3.17. The molecule has 3 aromatic carbocycles. The first-order valence-electron chi connectivity index (χ1n) is 11.9. The summed E-state index contributed by atoms with van der Waals surface area (Å²) in [6.07, 6.45) is 4.75. The second-order valence-electron chi connectivity index (χ2n) is 9.41. The molecular weight excluding hydrogens is 633 g/mol. The number of hydrogen-bond donors (Lipinski definition) is 0. The van der Waals surface area contributed by atoms with Crippen LogP contribution < -0.4 is 5.19 Å². The predicted molar refractivity (Wildman–Crippen MR) is 149 cm³/mol. The number of pyridine rings is 2. The van der Waals surface area contributed by atoms with Crippen molar-refractivity contribution in [1.29, 1.82) is 0 Å². The first kappa shape index (κ1) is 27.4. The maximum Gasteiger partial charge on any atom is 0.0795 e. The Labute approximate surface area is 229 Å². The minimum Gasteiger partial charge on any atom is -0.305 e. The molecule has 2 aromatic heterocycles. The van der Waals surface area contributed by atoms with Gasteiger partial charge in [0.05, 0.1) is 8.07 Å². The van der Waals surface area contributed by atoms with Crippen LogP contribution in [0.5, 0.6) is 0 Å². The standard InChI is InChI=1S/C21H22NSi.C11H8N.Ir/c1-23(2,3)19-13-14-21(22-16-19)20-12-8-7-11-18(20)15-17-9-5-4-6-10-17;1-2-6-10(7-3-1)11-8-4-5-9-12-11;/h4-11,13-14,16H,15H2,1-3H3;1-6,8-9H;/q2*-1;. The van der Waals surface area contributed by atoms with Crippen molar-refractivity contribution in [1.82, 2.24) is 9.97 Å². The molecule has 0 aliphatic heterocycles. The van der Waals surface area contributed by atoms with Crippen molar-refractivity contribution in [2.75, 3.05) is 0 Å². The average molecular weight is 663 g/mol. The monoisotopic (exact) mass is 663 g/mol. The van der Waals surface area contributed by atoms with Gasteiger partial charge < -0.3 is 9.97 Å². The third-order valence-corrected chi connectivity index (χ3v) is 7.74. The van der Waals surface area contributed by atoms with Gasteiger partial charge in [0.25, 0.3) is 0 Å². The molecule has 0 aliphatic rings. The molecule has 0 aliphatic carbocycles. The van der Waals surface area contributed by atoms with Crippen molar-refractivity contribution >= 4 is 13.3 Å². The summed E-state index contributed by atoms with van der Waals surface area (Å²) in [4.78, 5) is 8.94.